The molecule has 1 saturated carbocycles. The van der Waals surface area contributed by atoms with Crippen molar-refractivity contribution in [3.63, 3.8) is 0 Å². The summed E-state index contributed by atoms with van der Waals surface area (Å²) in [7, 11) is 0. The van der Waals surface area contributed by atoms with E-state index in [2.05, 4.69) is 33.8 Å². The minimum absolute atomic E-state index is 0.296. The highest BCUT2D eigenvalue weighted by Crippen LogP contribution is 2.31. The maximum absolute atomic E-state index is 13.1. The molecule has 0 spiro atoms. The number of hydrogen-bond acceptors (Lipinski definition) is 6. The van der Waals surface area contributed by atoms with Crippen molar-refractivity contribution in [1.82, 2.24) is 9.80 Å². The van der Waals surface area contributed by atoms with Crippen LogP contribution >= 0.6 is 0 Å². The molecule has 1 saturated heterocycles. The molecule has 0 amide bonds. The van der Waals surface area contributed by atoms with Crippen molar-refractivity contribution in [1.29, 1.82) is 0 Å². The summed E-state index contributed by atoms with van der Waals surface area (Å²) in [6.07, 6.45) is 14.0. The van der Waals surface area contributed by atoms with E-state index >= 15 is 0 Å². The van der Waals surface area contributed by atoms with Crippen molar-refractivity contribution in [2.45, 2.75) is 52.1 Å². The zero-order chi connectivity index (χ0) is 24.1. The van der Waals surface area contributed by atoms with E-state index in [-0.39, 0.29) is 5.63 Å². The molecule has 0 bridgehead atoms. The Balaban J connectivity index is 1.28. The molecule has 2 aromatic rings. The lowest BCUT2D eigenvalue weighted by molar-refractivity contribution is 0.0775. The number of hydrogen-bond donors (Lipinski definition) is 0. The first-order valence-corrected chi connectivity index (χ1v) is 12.7. The monoisotopic (exact) mass is 468 g/mol. The lowest BCUT2D eigenvalue weighted by atomic mass is 9.89. The number of anilines is 1. The van der Waals surface area contributed by atoms with Gasteiger partial charge < -0.3 is 14.2 Å². The lowest BCUT2D eigenvalue weighted by Gasteiger charge is -2.47. The number of allylic oxidation sites excluding steroid dienone is 6. The van der Waals surface area contributed by atoms with Crippen molar-refractivity contribution >= 4 is 27.7 Å². The molecule has 0 N–H and O–H groups in total. The molecular formula is C29H32N4O2. The molecule has 0 unspecified atom stereocenters. The Hall–Kier alpha value is -3.38. The average Bonchev–Trinajstić information content (AvgIpc) is 3.02. The first-order valence-electron chi connectivity index (χ1n) is 12.7. The summed E-state index contributed by atoms with van der Waals surface area (Å²) in [6.45, 7) is 9.38. The topological polar surface area (TPSA) is 52.3 Å². The highest BCUT2D eigenvalue weighted by molar-refractivity contribution is 6.00. The van der Waals surface area contributed by atoms with Crippen LogP contribution in [-0.2, 0) is 0 Å². The fraction of sp³-hybridized carbons (Fsp3) is 0.379. The van der Waals surface area contributed by atoms with Crippen LogP contribution in [0.25, 0.3) is 16.3 Å². The molecule has 1 atom stereocenters. The third-order valence-corrected chi connectivity index (χ3v) is 7.75. The number of piperazine rings is 1. The summed E-state index contributed by atoms with van der Waals surface area (Å²) in [6, 6.07) is 9.47. The van der Waals surface area contributed by atoms with Crippen LogP contribution in [0.4, 0.5) is 5.69 Å². The average molecular weight is 469 g/mol. The van der Waals surface area contributed by atoms with Crippen molar-refractivity contribution in [2.24, 2.45) is 4.99 Å². The van der Waals surface area contributed by atoms with Crippen molar-refractivity contribution in [3.8, 4) is 0 Å². The summed E-state index contributed by atoms with van der Waals surface area (Å²) < 4.78 is 5.85. The molecule has 2 fully saturated rings. The molecule has 4 heterocycles. The molecule has 6 heteroatoms. The van der Waals surface area contributed by atoms with Crippen molar-refractivity contribution in [3.05, 3.63) is 82.5 Å². The summed E-state index contributed by atoms with van der Waals surface area (Å²) >= 11 is 0. The summed E-state index contributed by atoms with van der Waals surface area (Å²) in [5.41, 5.74) is 4.56. The fourth-order valence-corrected chi connectivity index (χ4v) is 5.68. The van der Waals surface area contributed by atoms with E-state index in [9.17, 15) is 4.79 Å². The highest BCUT2D eigenvalue weighted by Gasteiger charge is 2.32. The summed E-state index contributed by atoms with van der Waals surface area (Å²) in [5, 5.41) is 1.53. The molecule has 6 rings (SSSR count). The minimum atomic E-state index is -0.296. The Kier molecular flexibility index (Phi) is 5.49. The van der Waals surface area contributed by atoms with Crippen molar-refractivity contribution < 1.29 is 4.42 Å². The van der Waals surface area contributed by atoms with E-state index < -0.39 is 0 Å². The number of nitrogens with zero attached hydrogens (tertiary/aromatic N) is 4. The summed E-state index contributed by atoms with van der Waals surface area (Å²) in [5.74, 6) is 0.565. The van der Waals surface area contributed by atoms with Crippen LogP contribution in [0.5, 0.6) is 0 Å². The van der Waals surface area contributed by atoms with E-state index in [1.807, 2.05) is 61.5 Å². The molecule has 1 aromatic carbocycles. The standard InChI is InChI=1S/C29H32N4O2/c1-19-16-32-18-23(6-4-9-27(32)21(3)30-19)28-14-22-10-11-25(15-26(22)29(34)35-28)31-12-13-33(20(2)17-31)24-7-5-8-24/h4,6,9-11,14-16,18,20,24H,5,7-8,12-13,17H2,1-3H3/t20-/m0/s1. The number of fused-ring (bicyclic) bond motifs is 2. The fourth-order valence-electron chi connectivity index (χ4n) is 5.68. The Bertz CT molecular complexity index is 1390. The largest absolute Gasteiger partial charge is 0.422 e. The van der Waals surface area contributed by atoms with Gasteiger partial charge in [0, 0.05) is 55.4 Å². The molecule has 6 nitrogen and oxygen atoms in total. The van der Waals surface area contributed by atoms with E-state index in [0.717, 1.165) is 59.4 Å². The number of aliphatic imine (C=N–C) groups is 1. The van der Waals surface area contributed by atoms with Crippen molar-refractivity contribution in [2.75, 3.05) is 24.5 Å². The molecule has 0 radical (unpaired) electrons. The van der Waals surface area contributed by atoms with Gasteiger partial charge in [0.15, 0.2) is 0 Å². The van der Waals surface area contributed by atoms with Crippen LogP contribution in [0, 0.1) is 0 Å². The lowest BCUT2D eigenvalue weighted by Crippen LogP contribution is -2.57. The van der Waals surface area contributed by atoms with Gasteiger partial charge in [-0.3, -0.25) is 9.89 Å². The predicted molar refractivity (Wildman–Crippen MR) is 142 cm³/mol. The van der Waals surface area contributed by atoms with Gasteiger partial charge in [0.1, 0.15) is 5.76 Å². The first kappa shape index (κ1) is 22.1. The SMILES string of the molecule is CC1=CN2C=C(c3cc4ccc(N5CCN(C6CCC6)[C@@H](C)C5)cc4c(=O)o3)C=CC=C2C(C)=N1. The molecule has 1 aliphatic carbocycles. The van der Waals surface area contributed by atoms with Crippen LogP contribution < -0.4 is 10.5 Å². The Morgan fingerprint density at radius 1 is 1.09 bits per heavy atom. The van der Waals surface area contributed by atoms with Gasteiger partial charge in [-0.05, 0) is 69.4 Å². The van der Waals surface area contributed by atoms with Gasteiger partial charge in [-0.15, -0.1) is 0 Å². The molecule has 1 aromatic heterocycles. The number of rotatable bonds is 3. The third kappa shape index (κ3) is 4.06. The maximum Gasteiger partial charge on any atom is 0.344 e. The Morgan fingerprint density at radius 3 is 2.71 bits per heavy atom. The van der Waals surface area contributed by atoms with E-state index in [1.165, 1.54) is 19.3 Å². The van der Waals surface area contributed by atoms with Gasteiger partial charge >= 0.3 is 5.63 Å². The van der Waals surface area contributed by atoms with Gasteiger partial charge in [-0.1, -0.05) is 18.6 Å². The van der Waals surface area contributed by atoms with Crippen LogP contribution in [0.3, 0.4) is 0 Å². The van der Waals surface area contributed by atoms with Crippen LogP contribution in [-0.4, -0.2) is 47.2 Å². The number of benzene rings is 1. The van der Waals surface area contributed by atoms with Crippen LogP contribution in [0.1, 0.15) is 45.8 Å². The predicted octanol–water partition coefficient (Wildman–Crippen LogP) is 5.29. The van der Waals surface area contributed by atoms with Gasteiger partial charge in [-0.25, -0.2) is 4.79 Å². The van der Waals surface area contributed by atoms with Gasteiger partial charge in [0.05, 0.1) is 22.5 Å². The second-order valence-corrected chi connectivity index (χ2v) is 10.2. The molecule has 180 valence electrons. The maximum atomic E-state index is 13.1. The summed E-state index contributed by atoms with van der Waals surface area (Å²) in [4.78, 5) is 24.8. The van der Waals surface area contributed by atoms with E-state index in [4.69, 9.17) is 4.42 Å². The quantitative estimate of drug-likeness (QED) is 0.613. The third-order valence-electron chi connectivity index (χ3n) is 7.75. The Morgan fingerprint density at radius 2 is 1.94 bits per heavy atom. The smallest absolute Gasteiger partial charge is 0.344 e. The van der Waals surface area contributed by atoms with Crippen LogP contribution in [0.15, 0.2) is 80.5 Å². The minimum Gasteiger partial charge on any atom is -0.422 e. The van der Waals surface area contributed by atoms with E-state index in [0.29, 0.717) is 17.2 Å². The van der Waals surface area contributed by atoms with Crippen LogP contribution in [0.2, 0.25) is 0 Å². The molecule has 35 heavy (non-hydrogen) atoms. The highest BCUT2D eigenvalue weighted by atomic mass is 16.4. The second kappa shape index (κ2) is 8.68. The zero-order valence-electron chi connectivity index (χ0n) is 20.7. The Labute approximate surface area is 206 Å². The molecular weight excluding hydrogens is 436 g/mol. The molecule has 4 aliphatic rings. The normalized spacial score (nSPS) is 23.2. The molecule has 3 aliphatic heterocycles. The first-order chi connectivity index (χ1) is 17.0. The van der Waals surface area contributed by atoms with Gasteiger partial charge in [-0.2, -0.15) is 0 Å². The zero-order valence-corrected chi connectivity index (χ0v) is 20.7. The van der Waals surface area contributed by atoms with E-state index in [1.54, 1.807) is 0 Å². The second-order valence-electron chi connectivity index (χ2n) is 10.2. The van der Waals surface area contributed by atoms with Gasteiger partial charge in [0.2, 0.25) is 0 Å². The van der Waals surface area contributed by atoms with Gasteiger partial charge in [0.25, 0.3) is 0 Å².